The summed E-state index contributed by atoms with van der Waals surface area (Å²) in [7, 11) is 0. The first kappa shape index (κ1) is 11.7. The van der Waals surface area contributed by atoms with Crippen molar-refractivity contribution >= 4 is 33.2 Å². The summed E-state index contributed by atoms with van der Waals surface area (Å²) in [6.07, 6.45) is 0. The number of benzene rings is 1. The highest BCUT2D eigenvalue weighted by Crippen LogP contribution is 2.28. The van der Waals surface area contributed by atoms with Crippen molar-refractivity contribution in [2.24, 2.45) is 0 Å². The molecule has 2 rings (SSSR count). The van der Waals surface area contributed by atoms with Gasteiger partial charge in [-0.25, -0.2) is 9.18 Å². The number of hydrogen-bond acceptors (Lipinski definition) is 4. The van der Waals surface area contributed by atoms with Crippen LogP contribution in [0.5, 0.6) is 0 Å². The van der Waals surface area contributed by atoms with Gasteiger partial charge in [-0.1, -0.05) is 6.07 Å². The minimum absolute atomic E-state index is 0.143. The van der Waals surface area contributed by atoms with E-state index in [0.717, 1.165) is 11.3 Å². The summed E-state index contributed by atoms with van der Waals surface area (Å²) in [5, 5.41) is 0.352. The summed E-state index contributed by atoms with van der Waals surface area (Å²) in [6, 6.07) is 5.96. The van der Waals surface area contributed by atoms with E-state index in [1.165, 1.54) is 12.1 Å². The molecular weight excluding hydrogens is 243 g/mol. The Morgan fingerprint density at radius 2 is 2.18 bits per heavy atom. The number of fused-ring (bicyclic) bond motifs is 1. The average molecular weight is 252 g/mol. The lowest BCUT2D eigenvalue weighted by molar-refractivity contribution is -0.137. The van der Waals surface area contributed by atoms with Crippen molar-refractivity contribution in [2.75, 3.05) is 6.61 Å². The lowest BCUT2D eigenvalue weighted by Crippen LogP contribution is -2.16. The van der Waals surface area contributed by atoms with Crippen LogP contribution in [0.2, 0.25) is 0 Å². The van der Waals surface area contributed by atoms with Gasteiger partial charge in [0.25, 0.3) is 5.78 Å². The fourth-order valence-corrected chi connectivity index (χ4v) is 2.44. The van der Waals surface area contributed by atoms with Crippen molar-refractivity contribution in [3.05, 3.63) is 35.0 Å². The number of thiophene rings is 1. The van der Waals surface area contributed by atoms with Crippen molar-refractivity contribution in [3.8, 4) is 0 Å². The van der Waals surface area contributed by atoms with Crippen LogP contribution in [0.25, 0.3) is 10.1 Å². The van der Waals surface area contributed by atoms with Crippen LogP contribution in [0.1, 0.15) is 16.6 Å². The molecule has 3 nitrogen and oxygen atoms in total. The average Bonchev–Trinajstić information content (AvgIpc) is 2.73. The van der Waals surface area contributed by atoms with Crippen LogP contribution in [0, 0.1) is 5.82 Å². The SMILES string of the molecule is CCOC(=O)C(=O)c1cc2c(F)cccc2s1. The predicted octanol–water partition coefficient (Wildman–Crippen LogP) is 2.79. The zero-order chi connectivity index (χ0) is 12.4. The number of carbonyl (C=O) groups excluding carboxylic acids is 2. The molecule has 0 saturated heterocycles. The molecule has 0 fully saturated rings. The Hall–Kier alpha value is -1.75. The van der Waals surface area contributed by atoms with Crippen molar-refractivity contribution in [2.45, 2.75) is 6.92 Å². The maximum atomic E-state index is 13.4. The van der Waals surface area contributed by atoms with E-state index < -0.39 is 17.6 Å². The van der Waals surface area contributed by atoms with Crippen molar-refractivity contribution in [1.82, 2.24) is 0 Å². The second-order valence-corrected chi connectivity index (χ2v) is 4.40. The molecule has 0 aliphatic heterocycles. The molecule has 0 aliphatic carbocycles. The Morgan fingerprint density at radius 1 is 1.41 bits per heavy atom. The van der Waals surface area contributed by atoms with E-state index in [1.807, 2.05) is 0 Å². The Bertz CT molecular complexity index is 588. The Labute approximate surface area is 101 Å². The van der Waals surface area contributed by atoms with E-state index >= 15 is 0 Å². The highest BCUT2D eigenvalue weighted by molar-refractivity contribution is 7.21. The molecule has 0 spiro atoms. The lowest BCUT2D eigenvalue weighted by Gasteiger charge is -1.96. The third-order valence-electron chi connectivity index (χ3n) is 2.19. The molecule has 0 aliphatic rings. The van der Waals surface area contributed by atoms with E-state index in [-0.39, 0.29) is 11.5 Å². The molecule has 1 aromatic heterocycles. The number of hydrogen-bond donors (Lipinski definition) is 0. The van der Waals surface area contributed by atoms with Gasteiger partial charge in [-0.3, -0.25) is 4.79 Å². The van der Waals surface area contributed by atoms with Gasteiger partial charge in [-0.2, -0.15) is 0 Å². The smallest absolute Gasteiger partial charge is 0.380 e. The number of halogens is 1. The molecule has 17 heavy (non-hydrogen) atoms. The molecule has 0 radical (unpaired) electrons. The molecule has 2 aromatic rings. The molecule has 0 atom stereocenters. The minimum Gasteiger partial charge on any atom is -0.460 e. The van der Waals surface area contributed by atoms with Crippen LogP contribution in [-0.2, 0) is 9.53 Å². The highest BCUT2D eigenvalue weighted by Gasteiger charge is 2.20. The second-order valence-electron chi connectivity index (χ2n) is 3.31. The van der Waals surface area contributed by atoms with E-state index in [2.05, 4.69) is 4.74 Å². The molecule has 0 N–H and O–H groups in total. The quantitative estimate of drug-likeness (QED) is 0.479. The van der Waals surface area contributed by atoms with Crippen molar-refractivity contribution in [1.29, 1.82) is 0 Å². The first-order chi connectivity index (χ1) is 8.13. The third kappa shape index (κ3) is 2.19. The number of esters is 1. The molecule has 0 unspecified atom stereocenters. The number of Topliss-reactive ketones (excluding diaryl/α,β-unsaturated/α-hetero) is 1. The topological polar surface area (TPSA) is 43.4 Å². The van der Waals surface area contributed by atoms with Crippen LogP contribution in [0.4, 0.5) is 4.39 Å². The van der Waals surface area contributed by atoms with Crippen molar-refractivity contribution in [3.63, 3.8) is 0 Å². The molecule has 0 amide bonds. The summed E-state index contributed by atoms with van der Waals surface area (Å²) in [6.45, 7) is 1.76. The van der Waals surface area contributed by atoms with Crippen molar-refractivity contribution < 1.29 is 18.7 Å². The van der Waals surface area contributed by atoms with E-state index in [4.69, 9.17) is 0 Å². The fourth-order valence-electron chi connectivity index (χ4n) is 1.43. The van der Waals surface area contributed by atoms with Gasteiger partial charge < -0.3 is 4.74 Å². The van der Waals surface area contributed by atoms with Crippen LogP contribution in [0.15, 0.2) is 24.3 Å². The summed E-state index contributed by atoms with van der Waals surface area (Å²) in [5.74, 6) is -2.03. The zero-order valence-electron chi connectivity index (χ0n) is 9.03. The summed E-state index contributed by atoms with van der Waals surface area (Å²) in [4.78, 5) is 23.1. The molecule has 5 heteroatoms. The van der Waals surface area contributed by atoms with Gasteiger partial charge in [-0.15, -0.1) is 11.3 Å². The first-order valence-corrected chi connectivity index (χ1v) is 5.84. The molecule has 1 heterocycles. The first-order valence-electron chi connectivity index (χ1n) is 5.03. The Kier molecular flexibility index (Phi) is 3.19. The zero-order valence-corrected chi connectivity index (χ0v) is 9.84. The van der Waals surface area contributed by atoms with Gasteiger partial charge in [-0.05, 0) is 25.1 Å². The number of carbonyl (C=O) groups is 2. The standard InChI is InChI=1S/C12H9FO3S/c1-2-16-12(15)11(14)10-6-7-8(13)4-3-5-9(7)17-10/h3-6H,2H2,1H3. The largest absolute Gasteiger partial charge is 0.460 e. The van der Waals surface area contributed by atoms with Gasteiger partial charge >= 0.3 is 5.97 Å². The van der Waals surface area contributed by atoms with Gasteiger partial charge in [0.05, 0.1) is 11.5 Å². The number of ether oxygens (including phenoxy) is 1. The Morgan fingerprint density at radius 3 is 2.82 bits per heavy atom. The molecule has 1 aromatic carbocycles. The summed E-state index contributed by atoms with van der Waals surface area (Å²) in [5.41, 5.74) is 0. The molecule has 0 bridgehead atoms. The van der Waals surface area contributed by atoms with E-state index in [0.29, 0.717) is 10.1 Å². The third-order valence-corrected chi connectivity index (χ3v) is 3.29. The van der Waals surface area contributed by atoms with Gasteiger partial charge in [0, 0.05) is 10.1 Å². The van der Waals surface area contributed by atoms with Gasteiger partial charge in [0.15, 0.2) is 0 Å². The van der Waals surface area contributed by atoms with Crippen LogP contribution in [0.3, 0.4) is 0 Å². The summed E-state index contributed by atoms with van der Waals surface area (Å²) >= 11 is 1.08. The predicted molar refractivity (Wildman–Crippen MR) is 62.7 cm³/mol. The van der Waals surface area contributed by atoms with Crippen LogP contribution >= 0.6 is 11.3 Å². The molecular formula is C12H9FO3S. The minimum atomic E-state index is -0.903. The second kappa shape index (κ2) is 4.63. The molecule has 0 saturated carbocycles. The maximum Gasteiger partial charge on any atom is 0.380 e. The summed E-state index contributed by atoms with van der Waals surface area (Å²) < 4.78 is 18.6. The fraction of sp³-hybridized carbons (Fsp3) is 0.167. The van der Waals surface area contributed by atoms with Gasteiger partial charge in [0.2, 0.25) is 0 Å². The molecule has 88 valence electrons. The van der Waals surface area contributed by atoms with Crippen LogP contribution in [-0.4, -0.2) is 18.4 Å². The lowest BCUT2D eigenvalue weighted by atomic mass is 10.2. The highest BCUT2D eigenvalue weighted by atomic mass is 32.1. The van der Waals surface area contributed by atoms with E-state index in [1.54, 1.807) is 19.1 Å². The van der Waals surface area contributed by atoms with Gasteiger partial charge in [0.1, 0.15) is 5.82 Å². The maximum absolute atomic E-state index is 13.4. The number of ketones is 1. The Balaban J connectivity index is 2.40. The van der Waals surface area contributed by atoms with E-state index in [9.17, 15) is 14.0 Å². The number of rotatable bonds is 3. The normalized spacial score (nSPS) is 10.5. The van der Waals surface area contributed by atoms with Crippen LogP contribution < -0.4 is 0 Å². The monoisotopic (exact) mass is 252 g/mol.